The Hall–Kier alpha value is -4.91. The maximum atomic E-state index is 14.1. The topological polar surface area (TPSA) is 302 Å². The van der Waals surface area contributed by atoms with Gasteiger partial charge in [0, 0.05) is 24.7 Å². The van der Waals surface area contributed by atoms with Gasteiger partial charge in [0.15, 0.2) is 0 Å². The number of carboxylic acids is 1. The van der Waals surface area contributed by atoms with Gasteiger partial charge < -0.3 is 59.2 Å². The number of unbranched alkanes of at least 4 members (excludes halogenated alkanes) is 3. The smallest absolute Gasteiger partial charge is 0.326 e. The zero-order chi connectivity index (χ0) is 40.7. The van der Waals surface area contributed by atoms with E-state index in [0.29, 0.717) is 76.8 Å². The summed E-state index contributed by atoms with van der Waals surface area (Å²) in [5.74, 6) is -4.14. The van der Waals surface area contributed by atoms with Crippen LogP contribution in [-0.4, -0.2) is 113 Å². The van der Waals surface area contributed by atoms with Crippen molar-refractivity contribution < 1.29 is 33.9 Å². The molecular formula is C38H61N11O7. The highest BCUT2D eigenvalue weighted by Crippen LogP contribution is 2.11. The average Bonchev–Trinajstić information content (AvgIpc) is 3.92. The second-order valence-corrected chi connectivity index (χ2v) is 14.1. The third kappa shape index (κ3) is 16.1. The van der Waals surface area contributed by atoms with Gasteiger partial charge in [0.1, 0.15) is 30.2 Å². The van der Waals surface area contributed by atoms with Crippen molar-refractivity contribution >= 4 is 35.5 Å². The Kier molecular flexibility index (Phi) is 20.5. The Morgan fingerprint density at radius 1 is 0.679 bits per heavy atom. The number of hydrogen-bond donors (Lipinski definition) is 11. The third-order valence-corrected chi connectivity index (χ3v) is 9.63. The number of imidazole rings is 1. The first-order valence-electron chi connectivity index (χ1n) is 19.7. The lowest BCUT2D eigenvalue weighted by Crippen LogP contribution is -2.60. The van der Waals surface area contributed by atoms with E-state index in [2.05, 4.69) is 41.9 Å². The Bertz CT molecular complexity index is 1510. The fourth-order valence-electron chi connectivity index (χ4n) is 6.43. The second kappa shape index (κ2) is 25.3. The van der Waals surface area contributed by atoms with E-state index in [-0.39, 0.29) is 38.0 Å². The number of amides is 5. The van der Waals surface area contributed by atoms with Crippen LogP contribution in [0.5, 0.6) is 0 Å². The predicted molar refractivity (Wildman–Crippen MR) is 209 cm³/mol. The number of aromatic amines is 1. The zero-order valence-corrected chi connectivity index (χ0v) is 32.1. The summed E-state index contributed by atoms with van der Waals surface area (Å²) in [5, 5.41) is 26.6. The summed E-state index contributed by atoms with van der Waals surface area (Å²) in [6, 6.07) is 2.87. The van der Waals surface area contributed by atoms with Crippen LogP contribution in [0.25, 0.3) is 0 Å². The fourth-order valence-corrected chi connectivity index (χ4v) is 6.43. The number of carbonyl (C=O) groups excluding carboxylic acids is 5. The summed E-state index contributed by atoms with van der Waals surface area (Å²) in [4.78, 5) is 87.6. The van der Waals surface area contributed by atoms with E-state index in [4.69, 9.17) is 17.2 Å². The maximum absolute atomic E-state index is 14.1. The number of nitrogens with zero attached hydrogens (tertiary/aromatic N) is 1. The van der Waals surface area contributed by atoms with E-state index in [9.17, 15) is 33.9 Å². The van der Waals surface area contributed by atoms with Crippen LogP contribution in [0, 0.1) is 0 Å². The van der Waals surface area contributed by atoms with Crippen molar-refractivity contribution in [2.75, 3.05) is 26.2 Å². The highest BCUT2D eigenvalue weighted by molar-refractivity contribution is 5.96. The number of hydrogen-bond acceptors (Lipinski definition) is 11. The molecule has 1 aliphatic heterocycles. The van der Waals surface area contributed by atoms with Crippen molar-refractivity contribution in [2.24, 2.45) is 17.2 Å². The van der Waals surface area contributed by atoms with Gasteiger partial charge in [-0.25, -0.2) is 9.78 Å². The van der Waals surface area contributed by atoms with E-state index in [1.54, 1.807) is 30.5 Å². The molecule has 0 aliphatic carbocycles. The molecule has 0 saturated carbocycles. The van der Waals surface area contributed by atoms with Crippen molar-refractivity contribution in [3.63, 3.8) is 0 Å². The first-order valence-corrected chi connectivity index (χ1v) is 19.7. The van der Waals surface area contributed by atoms with E-state index >= 15 is 0 Å². The van der Waals surface area contributed by atoms with Gasteiger partial charge in [-0.15, -0.1) is 0 Å². The molecule has 2 aromatic rings. The van der Waals surface area contributed by atoms with Crippen molar-refractivity contribution in [2.45, 2.75) is 120 Å². The number of nitrogens with two attached hydrogens (primary N) is 3. The molecule has 1 aromatic heterocycles. The molecule has 1 fully saturated rings. The van der Waals surface area contributed by atoms with Crippen LogP contribution in [0.2, 0.25) is 0 Å². The Balaban J connectivity index is 1.84. The summed E-state index contributed by atoms with van der Waals surface area (Å²) in [7, 11) is 0. The van der Waals surface area contributed by atoms with Gasteiger partial charge in [0.05, 0.1) is 12.4 Å². The van der Waals surface area contributed by atoms with Crippen molar-refractivity contribution in [1.82, 2.24) is 41.9 Å². The normalized spacial score (nSPS) is 16.4. The standard InChI is InChI=1S/C38H61N11O7/c39-17-7-4-13-28(34(51)47-30(38(55)56)15-6-9-19-41)45-36(53)31(21-25-11-2-1-3-12-25)48-35(52)29(14-5-8-18-40)46-37(54)32(22-26-23-42-24-44-26)49-33(50)27-16-10-20-43-27/h1-3,11-12,23-24,27-32,43H,4-10,13-22,39-41H2,(H,42,44)(H,45,53)(H,46,54)(H,47,51)(H,48,52)(H,49,50)(H,55,56)/t27-,28-,29-,30-,31-,32-/m0/s1. The number of H-pyrrole nitrogens is 1. The molecule has 1 aliphatic rings. The van der Waals surface area contributed by atoms with Crippen LogP contribution in [0.3, 0.4) is 0 Å². The molecule has 14 N–H and O–H groups in total. The first-order chi connectivity index (χ1) is 27.1. The SMILES string of the molecule is NCCCC[C@H](NC(=O)[C@H](CCCCN)NC(=O)[C@H](Cc1ccccc1)NC(=O)[C@H](CCCCN)NC(=O)[C@H](Cc1cnc[nH]1)NC(=O)[C@@H]1CCCN1)C(=O)O. The van der Waals surface area contributed by atoms with E-state index in [1.165, 1.54) is 6.33 Å². The summed E-state index contributed by atoms with van der Waals surface area (Å²) in [5.41, 5.74) is 18.3. The van der Waals surface area contributed by atoms with Gasteiger partial charge in [-0.2, -0.15) is 0 Å². The van der Waals surface area contributed by atoms with Gasteiger partial charge in [-0.3, -0.25) is 24.0 Å². The predicted octanol–water partition coefficient (Wildman–Crippen LogP) is -1.16. The summed E-state index contributed by atoms with van der Waals surface area (Å²) in [6.07, 6.45) is 8.27. The molecule has 2 heterocycles. The van der Waals surface area contributed by atoms with Crippen LogP contribution in [-0.2, 0) is 41.6 Å². The van der Waals surface area contributed by atoms with Crippen molar-refractivity contribution in [3.8, 4) is 0 Å². The number of carbonyl (C=O) groups is 6. The minimum absolute atomic E-state index is 0.0444. The quantitative estimate of drug-likeness (QED) is 0.0479. The molecule has 18 heteroatoms. The Morgan fingerprint density at radius 2 is 1.18 bits per heavy atom. The van der Waals surface area contributed by atoms with E-state index < -0.39 is 65.8 Å². The molecule has 310 valence electrons. The zero-order valence-electron chi connectivity index (χ0n) is 32.1. The lowest BCUT2D eigenvalue weighted by molar-refractivity contribution is -0.142. The van der Waals surface area contributed by atoms with Gasteiger partial charge >= 0.3 is 5.97 Å². The average molecular weight is 784 g/mol. The number of rotatable bonds is 27. The van der Waals surface area contributed by atoms with E-state index in [0.717, 1.165) is 12.0 Å². The summed E-state index contributed by atoms with van der Waals surface area (Å²) < 4.78 is 0. The molecule has 5 amide bonds. The Morgan fingerprint density at radius 3 is 1.66 bits per heavy atom. The molecular weight excluding hydrogens is 722 g/mol. The molecule has 1 aromatic carbocycles. The highest BCUT2D eigenvalue weighted by Gasteiger charge is 2.33. The Labute approximate surface area is 328 Å². The number of aliphatic carboxylic acids is 1. The van der Waals surface area contributed by atoms with Gasteiger partial charge in [0.25, 0.3) is 0 Å². The second-order valence-electron chi connectivity index (χ2n) is 14.1. The third-order valence-electron chi connectivity index (χ3n) is 9.63. The molecule has 0 spiro atoms. The van der Waals surface area contributed by atoms with Crippen LogP contribution in [0.4, 0.5) is 0 Å². The number of carboxylic acid groups (broad SMARTS) is 1. The minimum Gasteiger partial charge on any atom is -0.480 e. The number of nitrogens with one attached hydrogen (secondary N) is 7. The molecule has 0 bridgehead atoms. The van der Waals surface area contributed by atoms with Gasteiger partial charge in [-0.1, -0.05) is 30.3 Å². The lowest BCUT2D eigenvalue weighted by Gasteiger charge is -2.27. The van der Waals surface area contributed by atoms with Crippen LogP contribution < -0.4 is 49.1 Å². The summed E-state index contributed by atoms with van der Waals surface area (Å²) >= 11 is 0. The maximum Gasteiger partial charge on any atom is 0.326 e. The summed E-state index contributed by atoms with van der Waals surface area (Å²) in [6.45, 7) is 1.78. The number of aromatic nitrogens is 2. The lowest BCUT2D eigenvalue weighted by atomic mass is 10.0. The molecule has 3 rings (SSSR count). The van der Waals surface area contributed by atoms with Gasteiger partial charge in [0.2, 0.25) is 29.5 Å². The molecule has 56 heavy (non-hydrogen) atoms. The molecule has 18 nitrogen and oxygen atoms in total. The minimum atomic E-state index is -1.21. The van der Waals surface area contributed by atoms with Crippen LogP contribution >= 0.6 is 0 Å². The van der Waals surface area contributed by atoms with Crippen LogP contribution in [0.1, 0.15) is 81.9 Å². The van der Waals surface area contributed by atoms with E-state index in [1.807, 2.05) is 6.07 Å². The monoisotopic (exact) mass is 783 g/mol. The largest absolute Gasteiger partial charge is 0.480 e. The number of benzene rings is 1. The molecule has 6 atom stereocenters. The fraction of sp³-hybridized carbons (Fsp3) is 0.605. The molecule has 0 radical (unpaired) electrons. The van der Waals surface area contributed by atoms with Gasteiger partial charge in [-0.05, 0) is 102 Å². The van der Waals surface area contributed by atoms with Crippen LogP contribution in [0.15, 0.2) is 42.9 Å². The molecule has 1 saturated heterocycles. The highest BCUT2D eigenvalue weighted by atomic mass is 16.4. The molecule has 0 unspecified atom stereocenters. The van der Waals surface area contributed by atoms with Crippen molar-refractivity contribution in [1.29, 1.82) is 0 Å². The first kappa shape index (κ1) is 45.5. The van der Waals surface area contributed by atoms with Crippen molar-refractivity contribution in [3.05, 3.63) is 54.1 Å².